The molecule has 2 aromatic heterocycles. The Kier molecular flexibility index (Phi) is 7.15. The largest absolute Gasteiger partial charge is 0.489 e. The van der Waals surface area contributed by atoms with E-state index in [2.05, 4.69) is 34.1 Å². The number of nitrogens with one attached hydrogen (secondary N) is 3. The molecule has 4 rings (SSSR count). The molecule has 4 aromatic rings. The molecular formula is C26H27N5O4. The van der Waals surface area contributed by atoms with Crippen LogP contribution in [0.3, 0.4) is 0 Å². The van der Waals surface area contributed by atoms with Crippen molar-refractivity contribution in [1.29, 1.82) is 5.26 Å². The summed E-state index contributed by atoms with van der Waals surface area (Å²) >= 11 is 0. The zero-order valence-corrected chi connectivity index (χ0v) is 19.5. The van der Waals surface area contributed by atoms with Crippen LogP contribution < -0.4 is 20.5 Å². The summed E-state index contributed by atoms with van der Waals surface area (Å²) in [5.41, 5.74) is 2.26. The van der Waals surface area contributed by atoms with Gasteiger partial charge in [-0.2, -0.15) is 5.26 Å². The smallest absolute Gasteiger partial charge is 0.323 e. The summed E-state index contributed by atoms with van der Waals surface area (Å²) in [6, 6.07) is 18.4. The molecule has 0 saturated heterocycles. The summed E-state index contributed by atoms with van der Waals surface area (Å²) in [5.74, 6) is 1.59. The van der Waals surface area contributed by atoms with E-state index in [-0.39, 0.29) is 17.8 Å². The Labute approximate surface area is 202 Å². The van der Waals surface area contributed by atoms with Gasteiger partial charge in [-0.3, -0.25) is 0 Å². The third kappa shape index (κ3) is 6.47. The standard InChI is InChI=1S/C26H27N5O4/c1-26(2,12-17-6-9-20(10-7-17)35-23-11-8-18(13-27)14-28-23)29-15-19(32)16-34-22-5-3-4-21-24(22)31-25(33)30-21/h3-11,14,19,29,32H,12,15-16H2,1-2H3,(H2,30,31,33)/t19-/m0/s1. The molecule has 9 heteroatoms. The minimum absolute atomic E-state index is 0.0881. The first-order valence-corrected chi connectivity index (χ1v) is 11.2. The van der Waals surface area contributed by atoms with Crippen LogP contribution in [0.2, 0.25) is 0 Å². The molecule has 4 N–H and O–H groups in total. The number of nitriles is 1. The molecule has 0 saturated carbocycles. The number of para-hydroxylation sites is 1. The Morgan fingerprint density at radius 2 is 1.94 bits per heavy atom. The third-order valence-corrected chi connectivity index (χ3v) is 5.42. The number of aliphatic hydroxyl groups excluding tert-OH is 1. The monoisotopic (exact) mass is 473 g/mol. The van der Waals surface area contributed by atoms with E-state index < -0.39 is 6.10 Å². The van der Waals surface area contributed by atoms with Gasteiger partial charge in [0.1, 0.15) is 35.8 Å². The second kappa shape index (κ2) is 10.4. The molecule has 35 heavy (non-hydrogen) atoms. The molecule has 0 aliphatic carbocycles. The molecule has 0 fully saturated rings. The van der Waals surface area contributed by atoms with Crippen molar-refractivity contribution in [1.82, 2.24) is 20.3 Å². The predicted octanol–water partition coefficient (Wildman–Crippen LogP) is 3.27. The van der Waals surface area contributed by atoms with Crippen LogP contribution in [0.4, 0.5) is 0 Å². The van der Waals surface area contributed by atoms with Crippen LogP contribution in [-0.2, 0) is 6.42 Å². The van der Waals surface area contributed by atoms with Crippen molar-refractivity contribution in [2.45, 2.75) is 31.9 Å². The summed E-state index contributed by atoms with van der Waals surface area (Å²) < 4.78 is 11.5. The molecule has 0 amide bonds. The van der Waals surface area contributed by atoms with E-state index in [1.54, 1.807) is 30.3 Å². The second-order valence-electron chi connectivity index (χ2n) is 8.91. The highest BCUT2D eigenvalue weighted by Crippen LogP contribution is 2.23. The van der Waals surface area contributed by atoms with Gasteiger partial charge < -0.3 is 29.9 Å². The number of ether oxygens (including phenoxy) is 2. The highest BCUT2D eigenvalue weighted by atomic mass is 16.5. The first-order valence-electron chi connectivity index (χ1n) is 11.2. The fraction of sp³-hybridized carbons (Fsp3) is 0.269. The molecule has 2 aromatic carbocycles. The van der Waals surface area contributed by atoms with E-state index in [0.29, 0.717) is 40.5 Å². The first kappa shape index (κ1) is 24.0. The number of pyridine rings is 1. The van der Waals surface area contributed by atoms with E-state index in [0.717, 1.165) is 12.0 Å². The number of hydrogen-bond acceptors (Lipinski definition) is 7. The van der Waals surface area contributed by atoms with Gasteiger partial charge in [-0.1, -0.05) is 18.2 Å². The summed E-state index contributed by atoms with van der Waals surface area (Å²) in [5, 5.41) is 22.7. The molecule has 2 heterocycles. The van der Waals surface area contributed by atoms with E-state index in [9.17, 15) is 9.90 Å². The van der Waals surface area contributed by atoms with Crippen molar-refractivity contribution in [2.24, 2.45) is 0 Å². The zero-order chi connectivity index (χ0) is 24.8. The summed E-state index contributed by atoms with van der Waals surface area (Å²) in [6.45, 7) is 4.57. The molecule has 0 spiro atoms. The van der Waals surface area contributed by atoms with Crippen LogP contribution in [-0.4, -0.2) is 44.9 Å². The lowest BCUT2D eigenvalue weighted by Crippen LogP contribution is -2.46. The predicted molar refractivity (Wildman–Crippen MR) is 132 cm³/mol. The number of nitrogens with zero attached hydrogens (tertiary/aromatic N) is 2. The van der Waals surface area contributed by atoms with Gasteiger partial charge in [-0.05, 0) is 56.2 Å². The van der Waals surface area contributed by atoms with E-state index in [4.69, 9.17) is 14.7 Å². The van der Waals surface area contributed by atoms with Gasteiger partial charge in [-0.15, -0.1) is 0 Å². The lowest BCUT2D eigenvalue weighted by Gasteiger charge is -2.28. The van der Waals surface area contributed by atoms with Crippen molar-refractivity contribution in [2.75, 3.05) is 13.2 Å². The average molecular weight is 474 g/mol. The SMILES string of the molecule is CC(C)(Cc1ccc(Oc2ccc(C#N)cn2)cc1)NC[C@H](O)COc1cccc2[nH]c(=O)[nH]c12. The van der Waals surface area contributed by atoms with Gasteiger partial charge in [0, 0.05) is 24.3 Å². The number of hydrogen-bond donors (Lipinski definition) is 4. The second-order valence-corrected chi connectivity index (χ2v) is 8.91. The molecule has 0 aliphatic rings. The van der Waals surface area contributed by atoms with Crippen LogP contribution >= 0.6 is 0 Å². The fourth-order valence-electron chi connectivity index (χ4n) is 3.67. The minimum Gasteiger partial charge on any atom is -0.489 e. The molecule has 180 valence electrons. The van der Waals surface area contributed by atoms with E-state index >= 15 is 0 Å². The van der Waals surface area contributed by atoms with Crippen molar-refractivity contribution < 1.29 is 14.6 Å². The maximum Gasteiger partial charge on any atom is 0.323 e. The maximum absolute atomic E-state index is 11.5. The number of rotatable bonds is 10. The van der Waals surface area contributed by atoms with Crippen molar-refractivity contribution >= 4 is 11.0 Å². The molecule has 0 radical (unpaired) electrons. The van der Waals surface area contributed by atoms with Gasteiger partial charge in [0.2, 0.25) is 5.88 Å². The highest BCUT2D eigenvalue weighted by molar-refractivity contribution is 5.80. The Morgan fingerprint density at radius 1 is 1.14 bits per heavy atom. The molecular weight excluding hydrogens is 446 g/mol. The van der Waals surface area contributed by atoms with Gasteiger partial charge >= 0.3 is 5.69 Å². The van der Waals surface area contributed by atoms with Gasteiger partial charge in [0.15, 0.2) is 0 Å². The van der Waals surface area contributed by atoms with Gasteiger partial charge in [-0.25, -0.2) is 9.78 Å². The fourth-order valence-corrected chi connectivity index (χ4v) is 3.67. The Bertz CT molecular complexity index is 1370. The zero-order valence-electron chi connectivity index (χ0n) is 19.5. The lowest BCUT2D eigenvalue weighted by molar-refractivity contribution is 0.0995. The van der Waals surface area contributed by atoms with Gasteiger partial charge in [0.05, 0.1) is 11.1 Å². The summed E-state index contributed by atoms with van der Waals surface area (Å²) in [4.78, 5) is 21.0. The van der Waals surface area contributed by atoms with Crippen molar-refractivity contribution in [3.63, 3.8) is 0 Å². The normalized spacial score (nSPS) is 12.3. The Balaban J connectivity index is 1.26. The van der Waals surface area contributed by atoms with Crippen LogP contribution in [0, 0.1) is 11.3 Å². The first-order chi connectivity index (χ1) is 16.8. The van der Waals surface area contributed by atoms with Crippen molar-refractivity contribution in [3.05, 3.63) is 82.4 Å². The number of imidazole rings is 1. The lowest BCUT2D eigenvalue weighted by atomic mass is 9.94. The number of β-amino-alcohol motifs (C(OH)–C–C–N with tert-alkyl or cyclic N) is 1. The highest BCUT2D eigenvalue weighted by Gasteiger charge is 2.20. The molecule has 0 aliphatic heterocycles. The molecule has 0 bridgehead atoms. The molecule has 0 unspecified atom stereocenters. The molecule has 1 atom stereocenters. The Morgan fingerprint density at radius 3 is 2.66 bits per heavy atom. The van der Waals surface area contributed by atoms with Crippen LogP contribution in [0.5, 0.6) is 17.4 Å². The van der Waals surface area contributed by atoms with Crippen LogP contribution in [0.15, 0.2) is 65.6 Å². The number of aliphatic hydroxyl groups is 1. The van der Waals surface area contributed by atoms with Crippen molar-refractivity contribution in [3.8, 4) is 23.4 Å². The number of aromatic nitrogens is 3. The molecule has 9 nitrogen and oxygen atoms in total. The average Bonchev–Trinajstić information content (AvgIpc) is 3.24. The topological polar surface area (TPSA) is 136 Å². The number of fused-ring (bicyclic) bond motifs is 1. The third-order valence-electron chi connectivity index (χ3n) is 5.42. The number of H-pyrrole nitrogens is 2. The Hall–Kier alpha value is -4.13. The number of benzene rings is 2. The van der Waals surface area contributed by atoms with E-state index in [1.807, 2.05) is 30.3 Å². The summed E-state index contributed by atoms with van der Waals surface area (Å²) in [7, 11) is 0. The minimum atomic E-state index is -0.731. The maximum atomic E-state index is 11.5. The van der Waals surface area contributed by atoms with Crippen LogP contribution in [0.25, 0.3) is 11.0 Å². The summed E-state index contributed by atoms with van der Waals surface area (Å²) in [6.07, 6.45) is 1.48. The van der Waals surface area contributed by atoms with Crippen LogP contribution in [0.1, 0.15) is 25.0 Å². The number of aromatic amines is 2. The quantitative estimate of drug-likeness (QED) is 0.277. The van der Waals surface area contributed by atoms with Gasteiger partial charge in [0.25, 0.3) is 0 Å². The van der Waals surface area contributed by atoms with E-state index in [1.165, 1.54) is 6.20 Å².